The van der Waals surface area contributed by atoms with Gasteiger partial charge >= 0.3 is 6.03 Å². The Balaban J connectivity index is 1.60. The van der Waals surface area contributed by atoms with Gasteiger partial charge in [-0.15, -0.1) is 0 Å². The third-order valence-corrected chi connectivity index (χ3v) is 5.02. The van der Waals surface area contributed by atoms with Gasteiger partial charge in [-0.1, -0.05) is 0 Å². The van der Waals surface area contributed by atoms with Crippen LogP contribution in [0.15, 0.2) is 6.20 Å². The van der Waals surface area contributed by atoms with Crippen molar-refractivity contribution in [1.82, 2.24) is 24.7 Å². The molecule has 2 fully saturated rings. The van der Waals surface area contributed by atoms with Crippen molar-refractivity contribution in [3.63, 3.8) is 0 Å². The van der Waals surface area contributed by atoms with Crippen molar-refractivity contribution >= 4 is 23.7 Å². The molecule has 0 spiro atoms. The lowest BCUT2D eigenvalue weighted by atomic mass is 10.1. The van der Waals surface area contributed by atoms with E-state index in [9.17, 15) is 14.4 Å². The predicted octanol–water partition coefficient (Wildman–Crippen LogP) is 0.0245. The van der Waals surface area contributed by atoms with Gasteiger partial charge in [-0.3, -0.25) is 19.5 Å². The van der Waals surface area contributed by atoms with E-state index in [2.05, 4.69) is 14.9 Å². The number of rotatable bonds is 3. The van der Waals surface area contributed by atoms with Gasteiger partial charge in [0, 0.05) is 46.5 Å². The molecule has 140 valence electrons. The Morgan fingerprint density at radius 1 is 1.15 bits per heavy atom. The first-order chi connectivity index (χ1) is 12.3. The maximum absolute atomic E-state index is 12.6. The van der Waals surface area contributed by atoms with Crippen LogP contribution in [0.1, 0.15) is 17.8 Å². The number of carbonyl (C=O) groups is 3. The van der Waals surface area contributed by atoms with Gasteiger partial charge in [0.25, 0.3) is 5.91 Å². The Labute approximate surface area is 152 Å². The summed E-state index contributed by atoms with van der Waals surface area (Å²) < 4.78 is 0. The number of aromatic nitrogens is 2. The molecule has 0 radical (unpaired) electrons. The third-order valence-electron chi connectivity index (χ3n) is 5.02. The number of anilines is 1. The molecule has 1 atom stereocenters. The van der Waals surface area contributed by atoms with Crippen molar-refractivity contribution in [3.8, 4) is 0 Å². The SMILES string of the molecule is Cc1cnc(C)c(N2CCN(C(=O)CC3C(=O)N(C)C(=O)N3C)CC2)n1. The molecule has 0 aliphatic carbocycles. The lowest BCUT2D eigenvalue weighted by Crippen LogP contribution is -2.50. The van der Waals surface area contributed by atoms with E-state index in [1.165, 1.54) is 11.9 Å². The van der Waals surface area contributed by atoms with Gasteiger partial charge in [0.1, 0.15) is 11.9 Å². The number of imide groups is 1. The fourth-order valence-electron chi connectivity index (χ4n) is 3.36. The molecule has 1 aromatic heterocycles. The van der Waals surface area contributed by atoms with Gasteiger partial charge in [0.05, 0.1) is 17.8 Å². The summed E-state index contributed by atoms with van der Waals surface area (Å²) >= 11 is 0. The summed E-state index contributed by atoms with van der Waals surface area (Å²) in [5.74, 6) is 0.426. The standard InChI is InChI=1S/C17H24N6O3/c1-11-10-18-12(2)15(19-11)23-7-5-22(6-8-23)14(24)9-13-16(25)21(4)17(26)20(13)3/h10,13H,5-9H2,1-4H3. The molecule has 2 aliphatic heterocycles. The van der Waals surface area contributed by atoms with E-state index in [0.717, 1.165) is 22.1 Å². The number of hydrogen-bond acceptors (Lipinski definition) is 6. The summed E-state index contributed by atoms with van der Waals surface area (Å²) in [6.45, 7) is 6.28. The second-order valence-corrected chi connectivity index (χ2v) is 6.80. The summed E-state index contributed by atoms with van der Waals surface area (Å²) in [6.07, 6.45) is 1.76. The van der Waals surface area contributed by atoms with Gasteiger partial charge in [0.2, 0.25) is 5.91 Å². The number of amides is 4. The Kier molecular flexibility index (Phi) is 4.80. The molecular formula is C17H24N6O3. The minimum absolute atomic E-state index is 0.0225. The molecule has 0 bridgehead atoms. The number of hydrogen-bond donors (Lipinski definition) is 0. The van der Waals surface area contributed by atoms with Crippen LogP contribution in [0.2, 0.25) is 0 Å². The first-order valence-corrected chi connectivity index (χ1v) is 8.67. The van der Waals surface area contributed by atoms with E-state index < -0.39 is 6.04 Å². The zero-order valence-corrected chi connectivity index (χ0v) is 15.6. The van der Waals surface area contributed by atoms with E-state index in [1.54, 1.807) is 18.1 Å². The molecule has 26 heavy (non-hydrogen) atoms. The monoisotopic (exact) mass is 360 g/mol. The summed E-state index contributed by atoms with van der Waals surface area (Å²) in [6, 6.07) is -1.07. The molecule has 1 aromatic rings. The van der Waals surface area contributed by atoms with Crippen LogP contribution in [-0.4, -0.2) is 88.8 Å². The molecule has 1 unspecified atom stereocenters. The number of aryl methyl sites for hydroxylation is 2. The van der Waals surface area contributed by atoms with E-state index in [0.29, 0.717) is 26.2 Å². The highest BCUT2D eigenvalue weighted by molar-refractivity contribution is 6.05. The Hall–Kier alpha value is -2.71. The molecule has 4 amide bonds. The summed E-state index contributed by atoms with van der Waals surface area (Å²) in [5.41, 5.74) is 1.73. The van der Waals surface area contributed by atoms with Crippen LogP contribution in [-0.2, 0) is 9.59 Å². The fourth-order valence-corrected chi connectivity index (χ4v) is 3.36. The normalized spacial score (nSPS) is 21.0. The Morgan fingerprint density at radius 3 is 2.38 bits per heavy atom. The second kappa shape index (κ2) is 6.89. The molecule has 9 nitrogen and oxygen atoms in total. The first-order valence-electron chi connectivity index (χ1n) is 8.67. The molecule has 0 aromatic carbocycles. The highest BCUT2D eigenvalue weighted by atomic mass is 16.2. The molecule has 3 heterocycles. The summed E-state index contributed by atoms with van der Waals surface area (Å²) in [7, 11) is 2.99. The molecule has 0 N–H and O–H groups in total. The van der Waals surface area contributed by atoms with Gasteiger partial charge in [0.15, 0.2) is 0 Å². The highest BCUT2D eigenvalue weighted by Crippen LogP contribution is 2.20. The average Bonchev–Trinajstić information content (AvgIpc) is 2.81. The maximum atomic E-state index is 12.6. The van der Waals surface area contributed by atoms with Crippen LogP contribution in [0.25, 0.3) is 0 Å². The molecular weight excluding hydrogens is 336 g/mol. The van der Waals surface area contributed by atoms with Crippen molar-refractivity contribution in [2.24, 2.45) is 0 Å². The van der Waals surface area contributed by atoms with Crippen LogP contribution in [0.4, 0.5) is 10.6 Å². The maximum Gasteiger partial charge on any atom is 0.326 e. The lowest BCUT2D eigenvalue weighted by molar-refractivity contribution is -0.136. The minimum atomic E-state index is -0.706. The van der Waals surface area contributed by atoms with E-state index in [4.69, 9.17) is 0 Å². The Bertz CT molecular complexity index is 744. The average molecular weight is 360 g/mol. The van der Waals surface area contributed by atoms with Crippen LogP contribution < -0.4 is 4.90 Å². The van der Waals surface area contributed by atoms with Gasteiger partial charge < -0.3 is 14.7 Å². The predicted molar refractivity (Wildman–Crippen MR) is 94.6 cm³/mol. The quantitative estimate of drug-likeness (QED) is 0.706. The lowest BCUT2D eigenvalue weighted by Gasteiger charge is -2.36. The van der Waals surface area contributed by atoms with Gasteiger partial charge in [-0.25, -0.2) is 9.78 Å². The fraction of sp³-hybridized carbons (Fsp3) is 0.588. The van der Waals surface area contributed by atoms with Crippen LogP contribution >= 0.6 is 0 Å². The minimum Gasteiger partial charge on any atom is -0.352 e. The molecule has 3 rings (SSSR count). The van der Waals surface area contributed by atoms with Crippen LogP contribution in [0.3, 0.4) is 0 Å². The summed E-state index contributed by atoms with van der Waals surface area (Å²) in [4.78, 5) is 51.7. The molecule has 2 saturated heterocycles. The highest BCUT2D eigenvalue weighted by Gasteiger charge is 2.42. The Morgan fingerprint density at radius 2 is 1.81 bits per heavy atom. The number of likely N-dealkylation sites (N-methyl/N-ethyl adjacent to an activating group) is 2. The zero-order chi connectivity index (χ0) is 19.0. The van der Waals surface area contributed by atoms with E-state index in [1.807, 2.05) is 13.8 Å². The number of urea groups is 1. The largest absolute Gasteiger partial charge is 0.352 e. The van der Waals surface area contributed by atoms with Crippen molar-refractivity contribution < 1.29 is 14.4 Å². The number of nitrogens with zero attached hydrogens (tertiary/aromatic N) is 6. The van der Waals surface area contributed by atoms with Crippen LogP contribution in [0, 0.1) is 13.8 Å². The number of carbonyl (C=O) groups excluding carboxylic acids is 3. The van der Waals surface area contributed by atoms with Gasteiger partial charge in [-0.2, -0.15) is 0 Å². The van der Waals surface area contributed by atoms with E-state index in [-0.39, 0.29) is 24.3 Å². The van der Waals surface area contributed by atoms with Crippen molar-refractivity contribution in [3.05, 3.63) is 17.6 Å². The topological polar surface area (TPSA) is 90.0 Å². The second-order valence-electron chi connectivity index (χ2n) is 6.80. The number of piperazine rings is 1. The molecule has 2 aliphatic rings. The first kappa shape index (κ1) is 18.1. The van der Waals surface area contributed by atoms with Crippen LogP contribution in [0.5, 0.6) is 0 Å². The molecule has 9 heteroatoms. The van der Waals surface area contributed by atoms with Crippen molar-refractivity contribution in [2.75, 3.05) is 45.2 Å². The molecule has 0 saturated carbocycles. The summed E-state index contributed by atoms with van der Waals surface area (Å²) in [5, 5.41) is 0. The zero-order valence-electron chi connectivity index (χ0n) is 15.6. The third kappa shape index (κ3) is 3.21. The smallest absolute Gasteiger partial charge is 0.326 e. The van der Waals surface area contributed by atoms with Gasteiger partial charge in [-0.05, 0) is 13.8 Å². The van der Waals surface area contributed by atoms with E-state index >= 15 is 0 Å². The van der Waals surface area contributed by atoms with Crippen molar-refractivity contribution in [2.45, 2.75) is 26.3 Å². The van der Waals surface area contributed by atoms with Crippen molar-refractivity contribution in [1.29, 1.82) is 0 Å².